The van der Waals surface area contributed by atoms with Gasteiger partial charge in [0.05, 0.1) is 18.0 Å². The molecule has 5 nitrogen and oxygen atoms in total. The van der Waals surface area contributed by atoms with Gasteiger partial charge in [-0.3, -0.25) is 0 Å². The maximum Gasteiger partial charge on any atom is 0.123 e. The van der Waals surface area contributed by atoms with Gasteiger partial charge < -0.3 is 15.0 Å². The lowest BCUT2D eigenvalue weighted by atomic mass is 9.88. The number of nitrogens with one attached hydrogen (secondary N) is 1. The third-order valence-electron chi connectivity index (χ3n) is 6.27. The zero-order valence-electron chi connectivity index (χ0n) is 17.3. The van der Waals surface area contributed by atoms with Crippen LogP contribution in [0.3, 0.4) is 0 Å². The molecule has 1 aliphatic rings. The van der Waals surface area contributed by atoms with Crippen LogP contribution in [0.2, 0.25) is 0 Å². The van der Waals surface area contributed by atoms with Gasteiger partial charge in [0.1, 0.15) is 12.1 Å². The number of piperidine rings is 1. The number of aliphatic hydroxyl groups excluding tert-OH is 1. The van der Waals surface area contributed by atoms with E-state index in [0.29, 0.717) is 5.92 Å². The Kier molecular flexibility index (Phi) is 5.49. The summed E-state index contributed by atoms with van der Waals surface area (Å²) in [6, 6.07) is 15.1. The number of rotatable bonds is 5. The lowest BCUT2D eigenvalue weighted by Crippen LogP contribution is -2.34. The minimum Gasteiger partial charge on any atom is -0.395 e. The molecule has 4 aromatic rings. The minimum atomic E-state index is -0.252. The van der Waals surface area contributed by atoms with Crippen molar-refractivity contribution in [2.75, 3.05) is 26.2 Å². The number of H-pyrrole nitrogens is 1. The number of aromatic nitrogens is 3. The topological polar surface area (TPSA) is 65.0 Å². The highest BCUT2D eigenvalue weighted by molar-refractivity contribution is 6.03. The molecule has 0 aliphatic carbocycles. The second-order valence-corrected chi connectivity index (χ2v) is 8.12. The molecule has 0 amide bonds. The normalized spacial score (nSPS) is 15.5. The molecule has 158 valence electrons. The molecule has 31 heavy (non-hydrogen) atoms. The smallest absolute Gasteiger partial charge is 0.123 e. The number of benzene rings is 2. The van der Waals surface area contributed by atoms with Gasteiger partial charge in [0.25, 0.3) is 0 Å². The number of aliphatic hydroxyl groups is 1. The second kappa shape index (κ2) is 8.57. The third kappa shape index (κ3) is 3.96. The molecule has 2 aromatic heterocycles. The van der Waals surface area contributed by atoms with Gasteiger partial charge in [-0.15, -0.1) is 0 Å². The average Bonchev–Trinajstić information content (AvgIpc) is 3.19. The van der Waals surface area contributed by atoms with Crippen molar-refractivity contribution in [3.05, 3.63) is 72.4 Å². The number of fused-ring (bicyclic) bond motifs is 1. The highest BCUT2D eigenvalue weighted by Crippen LogP contribution is 2.39. The molecule has 2 aromatic carbocycles. The predicted molar refractivity (Wildman–Crippen MR) is 120 cm³/mol. The fourth-order valence-electron chi connectivity index (χ4n) is 4.64. The van der Waals surface area contributed by atoms with Crippen LogP contribution in [0.15, 0.2) is 61.1 Å². The molecule has 0 radical (unpaired) electrons. The van der Waals surface area contributed by atoms with E-state index >= 15 is 0 Å². The van der Waals surface area contributed by atoms with E-state index in [9.17, 15) is 9.50 Å². The number of hydrogen-bond donors (Lipinski definition) is 2. The monoisotopic (exact) mass is 416 g/mol. The van der Waals surface area contributed by atoms with Gasteiger partial charge in [-0.25, -0.2) is 14.4 Å². The average molecular weight is 417 g/mol. The molecule has 1 fully saturated rings. The van der Waals surface area contributed by atoms with Gasteiger partial charge in [-0.1, -0.05) is 12.1 Å². The summed E-state index contributed by atoms with van der Waals surface area (Å²) in [5.74, 6) is 0.262. The third-order valence-corrected chi connectivity index (χ3v) is 6.27. The Bertz CT molecular complexity index is 1170. The van der Waals surface area contributed by atoms with Gasteiger partial charge in [-0.05, 0) is 79.4 Å². The highest BCUT2D eigenvalue weighted by Gasteiger charge is 2.22. The second-order valence-electron chi connectivity index (χ2n) is 8.12. The molecular formula is C25H25FN4O. The molecule has 5 rings (SSSR count). The first-order valence-electron chi connectivity index (χ1n) is 10.7. The van der Waals surface area contributed by atoms with Crippen molar-refractivity contribution in [3.63, 3.8) is 0 Å². The number of nitrogens with zero attached hydrogens (tertiary/aromatic N) is 3. The molecular weight excluding hydrogens is 391 g/mol. The lowest BCUT2D eigenvalue weighted by molar-refractivity contribution is 0.164. The SMILES string of the molecule is OCCN1CCC(c2ccc3c(-c4ccncn4)c(-c4ccc(F)cc4)[nH]c3c2)CC1. The fraction of sp³-hybridized carbons (Fsp3) is 0.280. The Morgan fingerprint density at radius 1 is 1.06 bits per heavy atom. The van der Waals surface area contributed by atoms with Crippen LogP contribution in [0.4, 0.5) is 4.39 Å². The summed E-state index contributed by atoms with van der Waals surface area (Å²) >= 11 is 0. The fourth-order valence-corrected chi connectivity index (χ4v) is 4.64. The summed E-state index contributed by atoms with van der Waals surface area (Å²) in [4.78, 5) is 14.4. The van der Waals surface area contributed by atoms with Gasteiger partial charge in [0, 0.05) is 29.2 Å². The van der Waals surface area contributed by atoms with Crippen molar-refractivity contribution in [3.8, 4) is 22.5 Å². The predicted octanol–water partition coefficient (Wildman–Crippen LogP) is 4.60. The number of β-amino-alcohol motifs (C(OH)–C–C–N with tert-alkyl or cyclic N) is 1. The summed E-state index contributed by atoms with van der Waals surface area (Å²) in [5.41, 5.74) is 6.09. The Labute approximate surface area is 180 Å². The molecule has 0 atom stereocenters. The van der Waals surface area contributed by atoms with E-state index in [4.69, 9.17) is 0 Å². The van der Waals surface area contributed by atoms with Crippen LogP contribution < -0.4 is 0 Å². The molecule has 0 spiro atoms. The molecule has 0 bridgehead atoms. The van der Waals surface area contributed by atoms with Crippen LogP contribution in [-0.2, 0) is 0 Å². The first-order valence-corrected chi connectivity index (χ1v) is 10.7. The summed E-state index contributed by atoms with van der Waals surface area (Å²) in [6.07, 6.45) is 5.48. The lowest BCUT2D eigenvalue weighted by Gasteiger charge is -2.31. The van der Waals surface area contributed by atoms with Crippen LogP contribution >= 0.6 is 0 Å². The summed E-state index contributed by atoms with van der Waals surface area (Å²) in [5, 5.41) is 10.3. The largest absolute Gasteiger partial charge is 0.395 e. The molecule has 1 aliphatic heterocycles. The summed E-state index contributed by atoms with van der Waals surface area (Å²) in [6.45, 7) is 3.00. The molecule has 3 heterocycles. The number of hydrogen-bond acceptors (Lipinski definition) is 4. The van der Waals surface area contributed by atoms with E-state index in [0.717, 1.165) is 65.9 Å². The van der Waals surface area contributed by atoms with Crippen LogP contribution in [0.5, 0.6) is 0 Å². The highest BCUT2D eigenvalue weighted by atomic mass is 19.1. The quantitative estimate of drug-likeness (QED) is 0.499. The van der Waals surface area contributed by atoms with E-state index in [1.54, 1.807) is 24.7 Å². The molecule has 1 saturated heterocycles. The Morgan fingerprint density at radius 2 is 1.87 bits per heavy atom. The van der Waals surface area contributed by atoms with Crippen molar-refractivity contribution < 1.29 is 9.50 Å². The van der Waals surface area contributed by atoms with E-state index in [1.165, 1.54) is 17.7 Å². The minimum absolute atomic E-state index is 0.219. The van der Waals surface area contributed by atoms with Gasteiger partial charge >= 0.3 is 0 Å². The van der Waals surface area contributed by atoms with Crippen molar-refractivity contribution >= 4 is 10.9 Å². The van der Waals surface area contributed by atoms with Gasteiger partial charge in [0.2, 0.25) is 0 Å². The zero-order valence-corrected chi connectivity index (χ0v) is 17.3. The van der Waals surface area contributed by atoms with Crippen molar-refractivity contribution in [1.29, 1.82) is 0 Å². The van der Waals surface area contributed by atoms with Crippen LogP contribution in [0.25, 0.3) is 33.4 Å². The molecule has 0 unspecified atom stereocenters. The van der Waals surface area contributed by atoms with Crippen LogP contribution in [0.1, 0.15) is 24.3 Å². The Balaban J connectivity index is 1.56. The first kappa shape index (κ1) is 19.8. The van der Waals surface area contributed by atoms with Crippen molar-refractivity contribution in [1.82, 2.24) is 19.9 Å². The summed E-state index contributed by atoms with van der Waals surface area (Å²) < 4.78 is 13.5. The van der Waals surface area contributed by atoms with Crippen LogP contribution in [-0.4, -0.2) is 51.2 Å². The maximum absolute atomic E-state index is 13.5. The Morgan fingerprint density at radius 3 is 2.58 bits per heavy atom. The van der Waals surface area contributed by atoms with Crippen molar-refractivity contribution in [2.24, 2.45) is 0 Å². The molecule has 0 saturated carbocycles. The van der Waals surface area contributed by atoms with Crippen LogP contribution in [0, 0.1) is 5.82 Å². The maximum atomic E-state index is 13.5. The zero-order chi connectivity index (χ0) is 21.2. The number of halogens is 1. The van der Waals surface area contributed by atoms with Gasteiger partial charge in [-0.2, -0.15) is 0 Å². The first-order chi connectivity index (χ1) is 15.2. The van der Waals surface area contributed by atoms with E-state index < -0.39 is 0 Å². The van der Waals surface area contributed by atoms with Gasteiger partial charge in [0.15, 0.2) is 0 Å². The molecule has 2 N–H and O–H groups in total. The van der Waals surface area contributed by atoms with E-state index in [1.807, 2.05) is 6.07 Å². The van der Waals surface area contributed by atoms with Crippen molar-refractivity contribution in [2.45, 2.75) is 18.8 Å². The molecule has 6 heteroatoms. The number of aromatic amines is 1. The summed E-state index contributed by atoms with van der Waals surface area (Å²) in [7, 11) is 0. The van der Waals surface area contributed by atoms with E-state index in [2.05, 4.69) is 38.1 Å². The Hall–Kier alpha value is -3.09. The standard InChI is InChI=1S/C25H25FN4O/c26-20-4-1-18(2-5-20)25-24(22-7-10-27-16-28-22)21-6-3-19(15-23(21)29-25)17-8-11-30(12-9-17)13-14-31/h1-7,10,15-17,29,31H,8-9,11-14H2. The van der Waals surface area contributed by atoms with E-state index in [-0.39, 0.29) is 12.4 Å². The number of likely N-dealkylation sites (tertiary alicyclic amines) is 1.